The Bertz CT molecular complexity index is 821. The Morgan fingerprint density at radius 3 is 2.33 bits per heavy atom. The van der Waals surface area contributed by atoms with Gasteiger partial charge in [0.2, 0.25) is 0 Å². The molecular formula is C20H26N2O4S. The first kappa shape index (κ1) is 20.8. The summed E-state index contributed by atoms with van der Waals surface area (Å²) >= 11 is 0. The van der Waals surface area contributed by atoms with Crippen LogP contribution in [0.5, 0.6) is 5.75 Å². The van der Waals surface area contributed by atoms with E-state index in [0.717, 1.165) is 19.3 Å². The number of carbonyl (C=O) groups excluding carboxylic acids is 1. The normalized spacial score (nSPS) is 11.0. The van der Waals surface area contributed by atoms with E-state index in [1.165, 1.54) is 11.4 Å². The standard InChI is InChI=1S/C20H26N2O4S/c1-3-4-8-15-21-20(23)16-26-18-13-11-17(12-14-18)22(2)27(24,25)19-9-6-5-7-10-19/h5-7,9-14H,3-4,8,15-16H2,1-2H3,(H,21,23). The van der Waals surface area contributed by atoms with Gasteiger partial charge in [0, 0.05) is 13.6 Å². The van der Waals surface area contributed by atoms with Gasteiger partial charge in [-0.25, -0.2) is 8.42 Å². The molecule has 0 aliphatic carbocycles. The monoisotopic (exact) mass is 390 g/mol. The van der Waals surface area contributed by atoms with Crippen molar-refractivity contribution in [3.05, 3.63) is 54.6 Å². The van der Waals surface area contributed by atoms with E-state index in [1.54, 1.807) is 54.6 Å². The Balaban J connectivity index is 1.92. The molecule has 0 aliphatic rings. The molecule has 0 aromatic heterocycles. The fourth-order valence-corrected chi connectivity index (χ4v) is 3.66. The largest absolute Gasteiger partial charge is 0.484 e. The highest BCUT2D eigenvalue weighted by molar-refractivity contribution is 7.92. The number of carbonyl (C=O) groups is 1. The molecule has 0 fully saturated rings. The van der Waals surface area contributed by atoms with Gasteiger partial charge in [-0.1, -0.05) is 38.0 Å². The van der Waals surface area contributed by atoms with Crippen LogP contribution in [0.2, 0.25) is 0 Å². The van der Waals surface area contributed by atoms with Gasteiger partial charge in [0.05, 0.1) is 10.6 Å². The van der Waals surface area contributed by atoms with E-state index < -0.39 is 10.0 Å². The molecule has 0 bridgehead atoms. The fourth-order valence-electron chi connectivity index (χ4n) is 2.44. The van der Waals surface area contributed by atoms with E-state index >= 15 is 0 Å². The zero-order valence-corrected chi connectivity index (χ0v) is 16.5. The number of anilines is 1. The fraction of sp³-hybridized carbons (Fsp3) is 0.350. The minimum absolute atomic E-state index is 0.0658. The van der Waals surface area contributed by atoms with Crippen molar-refractivity contribution in [2.45, 2.75) is 31.1 Å². The number of hydrogen-bond donors (Lipinski definition) is 1. The van der Waals surface area contributed by atoms with Crippen molar-refractivity contribution >= 4 is 21.6 Å². The molecule has 0 aliphatic heterocycles. The van der Waals surface area contributed by atoms with Gasteiger partial charge in [0.25, 0.3) is 15.9 Å². The smallest absolute Gasteiger partial charge is 0.264 e. The molecule has 0 saturated heterocycles. The highest BCUT2D eigenvalue weighted by atomic mass is 32.2. The molecule has 0 unspecified atom stereocenters. The molecule has 0 heterocycles. The molecule has 7 heteroatoms. The number of ether oxygens (including phenoxy) is 1. The van der Waals surface area contributed by atoms with Gasteiger partial charge >= 0.3 is 0 Å². The predicted octanol–water partition coefficient (Wildman–Crippen LogP) is 3.20. The minimum Gasteiger partial charge on any atom is -0.484 e. The summed E-state index contributed by atoms with van der Waals surface area (Å²) in [7, 11) is -2.12. The Labute approximate surface area is 161 Å². The highest BCUT2D eigenvalue weighted by Crippen LogP contribution is 2.24. The Morgan fingerprint density at radius 1 is 1.04 bits per heavy atom. The van der Waals surface area contributed by atoms with Crippen LogP contribution in [0.1, 0.15) is 26.2 Å². The number of sulfonamides is 1. The number of hydrogen-bond acceptors (Lipinski definition) is 4. The molecule has 0 spiro atoms. The molecule has 6 nitrogen and oxygen atoms in total. The van der Waals surface area contributed by atoms with E-state index in [4.69, 9.17) is 4.74 Å². The molecule has 1 N–H and O–H groups in total. The molecule has 0 atom stereocenters. The molecule has 2 rings (SSSR count). The lowest BCUT2D eigenvalue weighted by Gasteiger charge is -2.19. The van der Waals surface area contributed by atoms with Crippen molar-refractivity contribution in [3.8, 4) is 5.75 Å². The van der Waals surface area contributed by atoms with Crippen LogP contribution >= 0.6 is 0 Å². The van der Waals surface area contributed by atoms with E-state index in [9.17, 15) is 13.2 Å². The average Bonchev–Trinajstić information content (AvgIpc) is 2.70. The number of benzene rings is 2. The zero-order valence-electron chi connectivity index (χ0n) is 15.7. The molecule has 1 amide bonds. The number of nitrogens with one attached hydrogen (secondary N) is 1. The van der Waals surface area contributed by atoms with Gasteiger partial charge in [-0.3, -0.25) is 9.10 Å². The quantitative estimate of drug-likeness (QED) is 0.632. The van der Waals surface area contributed by atoms with E-state index in [0.29, 0.717) is 18.0 Å². The van der Waals surface area contributed by atoms with Gasteiger partial charge in [0.1, 0.15) is 5.75 Å². The van der Waals surface area contributed by atoms with Crippen molar-refractivity contribution in [1.29, 1.82) is 0 Å². The van der Waals surface area contributed by atoms with Gasteiger partial charge < -0.3 is 10.1 Å². The van der Waals surface area contributed by atoms with Crippen LogP contribution in [0.3, 0.4) is 0 Å². The third-order valence-electron chi connectivity index (χ3n) is 4.07. The maximum Gasteiger partial charge on any atom is 0.264 e. The zero-order chi connectivity index (χ0) is 19.7. The predicted molar refractivity (Wildman–Crippen MR) is 107 cm³/mol. The van der Waals surface area contributed by atoms with Crippen LogP contribution in [0.25, 0.3) is 0 Å². The first-order chi connectivity index (χ1) is 12.9. The summed E-state index contributed by atoms with van der Waals surface area (Å²) in [6, 6.07) is 14.9. The van der Waals surface area contributed by atoms with E-state index in [2.05, 4.69) is 12.2 Å². The second kappa shape index (κ2) is 9.97. The first-order valence-corrected chi connectivity index (χ1v) is 10.4. The number of nitrogens with zero attached hydrogens (tertiary/aromatic N) is 1. The summed E-state index contributed by atoms with van der Waals surface area (Å²) in [6.07, 6.45) is 3.15. The number of unbranched alkanes of at least 4 members (excludes halogenated alkanes) is 2. The highest BCUT2D eigenvalue weighted by Gasteiger charge is 2.20. The van der Waals surface area contributed by atoms with Crippen LogP contribution in [0.15, 0.2) is 59.5 Å². The topological polar surface area (TPSA) is 75.7 Å². The maximum absolute atomic E-state index is 12.6. The van der Waals surface area contributed by atoms with Gasteiger partial charge in [-0.2, -0.15) is 0 Å². The summed E-state index contributed by atoms with van der Waals surface area (Å²) in [5, 5.41) is 2.80. The molecule has 27 heavy (non-hydrogen) atoms. The SMILES string of the molecule is CCCCCNC(=O)COc1ccc(N(C)S(=O)(=O)c2ccccc2)cc1. The molecule has 146 valence electrons. The Hall–Kier alpha value is -2.54. The number of rotatable bonds is 10. The van der Waals surface area contributed by atoms with Crippen molar-refractivity contribution < 1.29 is 17.9 Å². The van der Waals surface area contributed by atoms with E-state index in [1.807, 2.05) is 0 Å². The molecular weight excluding hydrogens is 364 g/mol. The maximum atomic E-state index is 12.6. The summed E-state index contributed by atoms with van der Waals surface area (Å²) in [5.74, 6) is 0.340. The molecule has 2 aromatic rings. The summed E-state index contributed by atoms with van der Waals surface area (Å²) in [5.41, 5.74) is 0.509. The summed E-state index contributed by atoms with van der Waals surface area (Å²) in [6.45, 7) is 2.69. The van der Waals surface area contributed by atoms with Crippen molar-refractivity contribution in [3.63, 3.8) is 0 Å². The van der Waals surface area contributed by atoms with Crippen molar-refractivity contribution in [2.24, 2.45) is 0 Å². The van der Waals surface area contributed by atoms with Crippen LogP contribution < -0.4 is 14.4 Å². The Morgan fingerprint density at radius 2 is 1.70 bits per heavy atom. The molecule has 0 radical (unpaired) electrons. The lowest BCUT2D eigenvalue weighted by Crippen LogP contribution is -2.29. The van der Waals surface area contributed by atoms with Gasteiger partial charge in [0.15, 0.2) is 6.61 Å². The van der Waals surface area contributed by atoms with E-state index in [-0.39, 0.29) is 17.4 Å². The molecule has 2 aromatic carbocycles. The number of amides is 1. The van der Waals surface area contributed by atoms with Gasteiger partial charge in [-0.05, 0) is 42.8 Å². The van der Waals surface area contributed by atoms with Crippen LogP contribution in [-0.4, -0.2) is 34.5 Å². The van der Waals surface area contributed by atoms with Crippen LogP contribution in [0.4, 0.5) is 5.69 Å². The third-order valence-corrected chi connectivity index (χ3v) is 5.87. The minimum atomic E-state index is -3.62. The first-order valence-electron chi connectivity index (χ1n) is 8.98. The van der Waals surface area contributed by atoms with Crippen LogP contribution in [-0.2, 0) is 14.8 Å². The average molecular weight is 391 g/mol. The summed E-state index contributed by atoms with van der Waals surface area (Å²) in [4.78, 5) is 11.9. The Kier molecular flexibility index (Phi) is 7.67. The third kappa shape index (κ3) is 5.99. The second-order valence-electron chi connectivity index (χ2n) is 6.13. The van der Waals surface area contributed by atoms with Gasteiger partial charge in [-0.15, -0.1) is 0 Å². The molecule has 0 saturated carbocycles. The second-order valence-corrected chi connectivity index (χ2v) is 8.09. The summed E-state index contributed by atoms with van der Waals surface area (Å²) < 4.78 is 31.9. The van der Waals surface area contributed by atoms with Crippen molar-refractivity contribution in [1.82, 2.24) is 5.32 Å². The lowest BCUT2D eigenvalue weighted by atomic mass is 10.2. The van der Waals surface area contributed by atoms with Crippen LogP contribution in [0, 0.1) is 0 Å². The van der Waals surface area contributed by atoms with Crippen molar-refractivity contribution in [2.75, 3.05) is 24.5 Å². The lowest BCUT2D eigenvalue weighted by molar-refractivity contribution is -0.123.